The van der Waals surface area contributed by atoms with Crippen molar-refractivity contribution in [3.8, 4) is 11.6 Å². The Hall–Kier alpha value is -3.35. The Morgan fingerprint density at radius 1 is 1.21 bits per heavy atom. The van der Waals surface area contributed by atoms with Crippen molar-refractivity contribution in [1.82, 2.24) is 14.8 Å². The average Bonchev–Trinajstić information content (AvgIpc) is 2.97. The van der Waals surface area contributed by atoms with E-state index in [0.717, 1.165) is 5.69 Å². The molecule has 122 valence electrons. The first kappa shape index (κ1) is 15.5. The molecular weight excluding hydrogens is 308 g/mol. The van der Waals surface area contributed by atoms with E-state index in [4.69, 9.17) is 4.74 Å². The second-order valence-corrected chi connectivity index (χ2v) is 5.34. The number of benzene rings is 1. The Balaban J connectivity index is 1.68. The van der Waals surface area contributed by atoms with Crippen molar-refractivity contribution in [3.05, 3.63) is 70.3 Å². The van der Waals surface area contributed by atoms with Crippen molar-refractivity contribution < 1.29 is 9.53 Å². The van der Waals surface area contributed by atoms with Crippen molar-refractivity contribution in [2.75, 3.05) is 5.32 Å². The van der Waals surface area contributed by atoms with E-state index < -0.39 is 0 Å². The number of carbonyl (C=O) groups is 1. The summed E-state index contributed by atoms with van der Waals surface area (Å²) in [7, 11) is 1.60. The van der Waals surface area contributed by atoms with Gasteiger partial charge >= 0.3 is 0 Å². The number of hydrogen-bond acceptors (Lipinski definition) is 4. The maximum atomic E-state index is 12.2. The molecular formula is C17H16N4O3. The molecule has 1 amide bonds. The number of amides is 1. The molecule has 0 saturated carbocycles. The van der Waals surface area contributed by atoms with Gasteiger partial charge in [-0.15, -0.1) is 5.10 Å². The van der Waals surface area contributed by atoms with E-state index in [-0.39, 0.29) is 11.5 Å². The summed E-state index contributed by atoms with van der Waals surface area (Å²) < 4.78 is 6.94. The summed E-state index contributed by atoms with van der Waals surface area (Å²) in [6.07, 6.45) is 1.50. The van der Waals surface area contributed by atoms with Gasteiger partial charge in [-0.3, -0.25) is 14.7 Å². The number of H-pyrrole nitrogens is 1. The highest BCUT2D eigenvalue weighted by Crippen LogP contribution is 2.22. The standard InChI is InChI=1S/C17H16N4O3/c1-11-9-15(20-19-11)24-14-6-4-13(5-7-14)18-17(23)12-3-8-16(22)21(2)10-12/h3-10H,1-2H3,(H,18,23)(H,19,20). The fourth-order valence-electron chi connectivity index (χ4n) is 2.10. The third-order valence-corrected chi connectivity index (χ3v) is 3.37. The summed E-state index contributed by atoms with van der Waals surface area (Å²) in [5, 5.41) is 9.56. The van der Waals surface area contributed by atoms with E-state index in [0.29, 0.717) is 22.9 Å². The molecule has 2 N–H and O–H groups in total. The van der Waals surface area contributed by atoms with E-state index in [1.807, 2.05) is 6.92 Å². The lowest BCUT2D eigenvalue weighted by Gasteiger charge is -2.07. The Morgan fingerprint density at radius 2 is 1.96 bits per heavy atom. The van der Waals surface area contributed by atoms with E-state index in [1.54, 1.807) is 37.4 Å². The summed E-state index contributed by atoms with van der Waals surface area (Å²) >= 11 is 0. The highest BCUT2D eigenvalue weighted by Gasteiger charge is 2.08. The quantitative estimate of drug-likeness (QED) is 0.771. The average molecular weight is 324 g/mol. The van der Waals surface area contributed by atoms with Gasteiger partial charge in [-0.25, -0.2) is 0 Å². The number of aromatic nitrogens is 3. The normalized spacial score (nSPS) is 10.4. The molecule has 24 heavy (non-hydrogen) atoms. The molecule has 0 fully saturated rings. The van der Waals surface area contributed by atoms with Crippen LogP contribution in [0.3, 0.4) is 0 Å². The maximum Gasteiger partial charge on any atom is 0.257 e. The minimum absolute atomic E-state index is 0.165. The van der Waals surface area contributed by atoms with Gasteiger partial charge in [-0.05, 0) is 37.3 Å². The van der Waals surface area contributed by atoms with Gasteiger partial charge in [0.25, 0.3) is 5.91 Å². The molecule has 0 atom stereocenters. The number of aromatic amines is 1. The SMILES string of the molecule is Cc1cc(Oc2ccc(NC(=O)c3ccc(=O)n(C)c3)cc2)n[nH]1. The maximum absolute atomic E-state index is 12.2. The van der Waals surface area contributed by atoms with Crippen molar-refractivity contribution >= 4 is 11.6 Å². The van der Waals surface area contributed by atoms with Crippen LogP contribution in [0.4, 0.5) is 5.69 Å². The van der Waals surface area contributed by atoms with Crippen LogP contribution in [0.15, 0.2) is 53.5 Å². The Morgan fingerprint density at radius 3 is 2.58 bits per heavy atom. The van der Waals surface area contributed by atoms with E-state index in [1.165, 1.54) is 22.9 Å². The van der Waals surface area contributed by atoms with Gasteiger partial charge in [0.1, 0.15) is 5.75 Å². The van der Waals surface area contributed by atoms with Crippen molar-refractivity contribution in [1.29, 1.82) is 0 Å². The van der Waals surface area contributed by atoms with Gasteiger partial charge in [0.15, 0.2) is 0 Å². The summed E-state index contributed by atoms with van der Waals surface area (Å²) in [6, 6.07) is 11.6. The third-order valence-electron chi connectivity index (χ3n) is 3.37. The monoisotopic (exact) mass is 324 g/mol. The van der Waals surface area contributed by atoms with Gasteiger partial charge in [-0.2, -0.15) is 0 Å². The molecule has 0 aliphatic heterocycles. The molecule has 1 aromatic carbocycles. The first-order valence-corrected chi connectivity index (χ1v) is 7.29. The molecule has 0 aliphatic carbocycles. The first-order chi connectivity index (χ1) is 11.5. The van der Waals surface area contributed by atoms with Gasteiger partial charge in [0.2, 0.25) is 11.4 Å². The number of nitrogens with one attached hydrogen (secondary N) is 2. The smallest absolute Gasteiger partial charge is 0.257 e. The Bertz CT molecular complexity index is 926. The highest BCUT2D eigenvalue weighted by molar-refractivity contribution is 6.04. The number of ether oxygens (including phenoxy) is 1. The van der Waals surface area contributed by atoms with Crippen LogP contribution in [0, 0.1) is 6.92 Å². The lowest BCUT2D eigenvalue weighted by Crippen LogP contribution is -2.19. The first-order valence-electron chi connectivity index (χ1n) is 7.29. The van der Waals surface area contributed by atoms with E-state index in [2.05, 4.69) is 15.5 Å². The summed E-state index contributed by atoms with van der Waals surface area (Å²) in [4.78, 5) is 23.5. The fraction of sp³-hybridized carbons (Fsp3) is 0.118. The molecule has 0 spiro atoms. The van der Waals surface area contributed by atoms with Gasteiger partial charge in [-0.1, -0.05) is 0 Å². The molecule has 0 unspecified atom stereocenters. The number of hydrogen-bond donors (Lipinski definition) is 2. The highest BCUT2D eigenvalue weighted by atomic mass is 16.5. The number of pyridine rings is 1. The van der Waals surface area contributed by atoms with Crippen LogP contribution >= 0.6 is 0 Å². The molecule has 0 aliphatic rings. The van der Waals surface area contributed by atoms with Crippen molar-refractivity contribution in [2.24, 2.45) is 7.05 Å². The molecule has 2 heterocycles. The summed E-state index contributed by atoms with van der Waals surface area (Å²) in [6.45, 7) is 1.89. The molecule has 3 rings (SSSR count). The summed E-state index contributed by atoms with van der Waals surface area (Å²) in [5.41, 5.74) is 1.77. The molecule has 0 saturated heterocycles. The zero-order valence-electron chi connectivity index (χ0n) is 13.2. The number of carbonyl (C=O) groups excluding carboxylic acids is 1. The van der Waals surface area contributed by atoms with Crippen LogP contribution in [0.25, 0.3) is 0 Å². The molecule has 2 aromatic heterocycles. The van der Waals surface area contributed by atoms with Crippen LogP contribution in [0.5, 0.6) is 11.6 Å². The van der Waals surface area contributed by atoms with Crippen LogP contribution in [0.1, 0.15) is 16.1 Å². The summed E-state index contributed by atoms with van der Waals surface area (Å²) in [5.74, 6) is 0.804. The zero-order chi connectivity index (χ0) is 17.1. The van der Waals surface area contributed by atoms with E-state index >= 15 is 0 Å². The van der Waals surface area contributed by atoms with Gasteiger partial charge < -0.3 is 14.6 Å². The minimum atomic E-state index is -0.290. The van der Waals surface area contributed by atoms with Crippen LogP contribution in [0.2, 0.25) is 0 Å². The Kier molecular flexibility index (Phi) is 4.15. The van der Waals surface area contributed by atoms with E-state index in [9.17, 15) is 9.59 Å². The largest absolute Gasteiger partial charge is 0.438 e. The van der Waals surface area contributed by atoms with Crippen molar-refractivity contribution in [3.63, 3.8) is 0 Å². The second-order valence-electron chi connectivity index (χ2n) is 5.34. The van der Waals surface area contributed by atoms with Gasteiger partial charge in [0, 0.05) is 36.8 Å². The molecule has 0 radical (unpaired) electrons. The molecule has 0 bridgehead atoms. The van der Waals surface area contributed by atoms with Crippen LogP contribution in [-0.2, 0) is 7.05 Å². The zero-order valence-corrected chi connectivity index (χ0v) is 13.2. The predicted molar refractivity (Wildman–Crippen MR) is 89.5 cm³/mol. The Labute approximate surface area is 137 Å². The number of nitrogens with zero attached hydrogens (tertiary/aromatic N) is 2. The lowest BCUT2D eigenvalue weighted by molar-refractivity contribution is 0.102. The van der Waals surface area contributed by atoms with Crippen molar-refractivity contribution in [2.45, 2.75) is 6.92 Å². The molecule has 7 heteroatoms. The van der Waals surface area contributed by atoms with Gasteiger partial charge in [0.05, 0.1) is 5.56 Å². The predicted octanol–water partition coefficient (Wildman–Crippen LogP) is 2.46. The second kappa shape index (κ2) is 6.41. The molecule has 7 nitrogen and oxygen atoms in total. The number of aryl methyl sites for hydroxylation is 2. The third kappa shape index (κ3) is 3.52. The lowest BCUT2D eigenvalue weighted by atomic mass is 10.2. The fourth-order valence-corrected chi connectivity index (χ4v) is 2.10. The molecule has 3 aromatic rings. The number of rotatable bonds is 4. The van der Waals surface area contributed by atoms with Crippen LogP contribution < -0.4 is 15.6 Å². The topological polar surface area (TPSA) is 89.0 Å². The minimum Gasteiger partial charge on any atom is -0.438 e. The number of anilines is 1. The van der Waals surface area contributed by atoms with Crippen LogP contribution in [-0.4, -0.2) is 20.7 Å².